The van der Waals surface area contributed by atoms with E-state index in [1.54, 1.807) is 0 Å². The summed E-state index contributed by atoms with van der Waals surface area (Å²) in [6.45, 7) is 4.03. The topological polar surface area (TPSA) is 91.1 Å². The van der Waals surface area contributed by atoms with Gasteiger partial charge >= 0.3 is 5.97 Å². The molecule has 0 radical (unpaired) electrons. The fourth-order valence-corrected chi connectivity index (χ4v) is 4.76. The molecule has 0 saturated carbocycles. The number of nitrogens with zero attached hydrogens (tertiary/aromatic N) is 2. The van der Waals surface area contributed by atoms with Gasteiger partial charge in [-0.05, 0) is 38.4 Å². The van der Waals surface area contributed by atoms with E-state index in [1.165, 1.54) is 16.4 Å². The van der Waals surface area contributed by atoms with E-state index in [9.17, 15) is 13.2 Å². The molecule has 0 bridgehead atoms. The molecule has 0 aliphatic carbocycles. The minimum atomic E-state index is -3.79. The number of sulfonamides is 1. The van der Waals surface area contributed by atoms with E-state index in [1.807, 2.05) is 6.92 Å². The van der Waals surface area contributed by atoms with Crippen molar-refractivity contribution in [2.45, 2.75) is 36.9 Å². The summed E-state index contributed by atoms with van der Waals surface area (Å²) in [6.07, 6.45) is 2.09. The summed E-state index contributed by atoms with van der Waals surface area (Å²) >= 11 is 0. The Bertz CT molecular complexity index is 653. The Balaban J connectivity index is 1.88. The molecule has 3 heterocycles. The standard InChI is InChI=1S/C13H18N2O5S/c1-9-7-14-6-2-3-10(14)8-15(9)21(18,19)12-5-4-11(20-12)13(16)17/h4-5,9-10H,2-3,6-8H2,1H3,(H,16,17). The molecule has 2 fully saturated rings. The zero-order valence-electron chi connectivity index (χ0n) is 11.7. The number of carboxylic acid groups (broad SMARTS) is 1. The Kier molecular flexibility index (Phi) is 3.54. The molecule has 2 aliphatic rings. The molecule has 7 nitrogen and oxygen atoms in total. The van der Waals surface area contributed by atoms with Crippen LogP contribution in [0.4, 0.5) is 0 Å². The molecule has 21 heavy (non-hydrogen) atoms. The highest BCUT2D eigenvalue weighted by Gasteiger charge is 2.41. The predicted molar refractivity (Wildman–Crippen MR) is 73.6 cm³/mol. The van der Waals surface area contributed by atoms with Gasteiger partial charge in [0.2, 0.25) is 10.9 Å². The molecule has 0 amide bonds. The number of hydrogen-bond acceptors (Lipinski definition) is 5. The van der Waals surface area contributed by atoms with Crippen LogP contribution in [-0.4, -0.2) is 60.4 Å². The third-order valence-corrected chi connectivity index (χ3v) is 6.09. The highest BCUT2D eigenvalue weighted by Crippen LogP contribution is 2.29. The number of rotatable bonds is 3. The number of hydrogen-bond donors (Lipinski definition) is 1. The Hall–Kier alpha value is -1.38. The molecule has 1 aromatic heterocycles. The zero-order valence-corrected chi connectivity index (χ0v) is 12.5. The lowest BCUT2D eigenvalue weighted by atomic mass is 10.1. The molecule has 0 spiro atoms. The lowest BCUT2D eigenvalue weighted by Gasteiger charge is -2.40. The van der Waals surface area contributed by atoms with Crippen LogP contribution in [0.3, 0.4) is 0 Å². The first kappa shape index (κ1) is 14.6. The van der Waals surface area contributed by atoms with E-state index < -0.39 is 16.0 Å². The first-order valence-corrected chi connectivity index (χ1v) is 8.42. The number of aromatic carboxylic acids is 1. The first-order chi connectivity index (χ1) is 9.89. The monoisotopic (exact) mass is 314 g/mol. The van der Waals surface area contributed by atoms with Gasteiger partial charge in [0.1, 0.15) is 0 Å². The van der Waals surface area contributed by atoms with Crippen LogP contribution in [0.25, 0.3) is 0 Å². The molecule has 2 saturated heterocycles. The normalized spacial score (nSPS) is 27.7. The minimum Gasteiger partial charge on any atom is -0.475 e. The van der Waals surface area contributed by atoms with Gasteiger partial charge in [0.05, 0.1) is 0 Å². The quantitative estimate of drug-likeness (QED) is 0.889. The third-order valence-electron chi connectivity index (χ3n) is 4.24. The second-order valence-electron chi connectivity index (χ2n) is 5.64. The second-order valence-corrected chi connectivity index (χ2v) is 7.46. The third kappa shape index (κ3) is 2.47. The van der Waals surface area contributed by atoms with E-state index in [4.69, 9.17) is 9.52 Å². The molecule has 1 aromatic rings. The van der Waals surface area contributed by atoms with Crippen molar-refractivity contribution in [1.82, 2.24) is 9.21 Å². The summed E-state index contributed by atoms with van der Waals surface area (Å²) in [5.41, 5.74) is 0. The van der Waals surface area contributed by atoms with E-state index in [0.717, 1.165) is 19.4 Å². The molecule has 0 aromatic carbocycles. The largest absolute Gasteiger partial charge is 0.475 e. The summed E-state index contributed by atoms with van der Waals surface area (Å²) in [5.74, 6) is -1.63. The van der Waals surface area contributed by atoms with Crippen LogP contribution in [0.15, 0.2) is 21.6 Å². The van der Waals surface area contributed by atoms with Gasteiger partial charge in [0.25, 0.3) is 10.0 Å². The van der Waals surface area contributed by atoms with Crippen LogP contribution >= 0.6 is 0 Å². The van der Waals surface area contributed by atoms with E-state index in [2.05, 4.69) is 4.90 Å². The Morgan fingerprint density at radius 3 is 2.81 bits per heavy atom. The molecule has 8 heteroatoms. The number of fused-ring (bicyclic) bond motifs is 1. The maximum Gasteiger partial charge on any atom is 0.371 e. The van der Waals surface area contributed by atoms with Crippen molar-refractivity contribution < 1.29 is 22.7 Å². The molecule has 1 N–H and O–H groups in total. The summed E-state index contributed by atoms with van der Waals surface area (Å²) < 4.78 is 31.7. The molecular weight excluding hydrogens is 296 g/mol. The van der Waals surface area contributed by atoms with Crippen molar-refractivity contribution in [3.8, 4) is 0 Å². The van der Waals surface area contributed by atoms with E-state index in [-0.39, 0.29) is 22.9 Å². The molecule has 2 unspecified atom stereocenters. The Labute approximate surface area is 123 Å². The van der Waals surface area contributed by atoms with Crippen molar-refractivity contribution in [1.29, 1.82) is 0 Å². The van der Waals surface area contributed by atoms with Crippen molar-refractivity contribution in [2.24, 2.45) is 0 Å². The van der Waals surface area contributed by atoms with Crippen LogP contribution < -0.4 is 0 Å². The zero-order chi connectivity index (χ0) is 15.2. The predicted octanol–water partition coefficient (Wildman–Crippen LogP) is 0.835. The molecule has 116 valence electrons. The molecule has 3 rings (SSSR count). The van der Waals surface area contributed by atoms with Gasteiger partial charge < -0.3 is 9.52 Å². The average Bonchev–Trinajstić information content (AvgIpc) is 3.06. The van der Waals surface area contributed by atoms with E-state index in [0.29, 0.717) is 13.1 Å². The number of piperazine rings is 1. The van der Waals surface area contributed by atoms with Gasteiger partial charge in [-0.15, -0.1) is 0 Å². The van der Waals surface area contributed by atoms with Gasteiger partial charge in [0, 0.05) is 25.2 Å². The molecular formula is C13H18N2O5S. The van der Waals surface area contributed by atoms with Gasteiger partial charge in [0.15, 0.2) is 0 Å². The van der Waals surface area contributed by atoms with Crippen molar-refractivity contribution >= 4 is 16.0 Å². The van der Waals surface area contributed by atoms with E-state index >= 15 is 0 Å². The van der Waals surface area contributed by atoms with Crippen LogP contribution in [0.1, 0.15) is 30.3 Å². The lowest BCUT2D eigenvalue weighted by Crippen LogP contribution is -2.56. The fraction of sp³-hybridized carbons (Fsp3) is 0.615. The van der Waals surface area contributed by atoms with Crippen LogP contribution in [0, 0.1) is 0 Å². The summed E-state index contributed by atoms with van der Waals surface area (Å²) in [6, 6.07) is 2.49. The average molecular weight is 314 g/mol. The molecule has 2 atom stereocenters. The fourth-order valence-electron chi connectivity index (χ4n) is 3.18. The van der Waals surface area contributed by atoms with Gasteiger partial charge in [-0.25, -0.2) is 13.2 Å². The Morgan fingerprint density at radius 1 is 1.38 bits per heavy atom. The first-order valence-electron chi connectivity index (χ1n) is 6.98. The number of carbonyl (C=O) groups is 1. The summed E-state index contributed by atoms with van der Waals surface area (Å²) in [7, 11) is -3.79. The maximum atomic E-state index is 12.6. The van der Waals surface area contributed by atoms with Gasteiger partial charge in [-0.1, -0.05) is 0 Å². The SMILES string of the molecule is CC1CN2CCCC2CN1S(=O)(=O)c1ccc(C(=O)O)o1. The minimum absolute atomic E-state index is 0.150. The molecule has 2 aliphatic heterocycles. The second kappa shape index (κ2) is 5.11. The van der Waals surface area contributed by atoms with Crippen LogP contribution in [0.5, 0.6) is 0 Å². The smallest absolute Gasteiger partial charge is 0.371 e. The van der Waals surface area contributed by atoms with Crippen molar-refractivity contribution in [3.05, 3.63) is 17.9 Å². The highest BCUT2D eigenvalue weighted by molar-refractivity contribution is 7.89. The lowest BCUT2D eigenvalue weighted by molar-refractivity contribution is 0.0655. The summed E-state index contributed by atoms with van der Waals surface area (Å²) in [4.78, 5) is 13.1. The van der Waals surface area contributed by atoms with Crippen molar-refractivity contribution in [3.63, 3.8) is 0 Å². The Morgan fingerprint density at radius 2 is 2.14 bits per heavy atom. The number of furan rings is 1. The maximum absolute atomic E-state index is 12.6. The number of carboxylic acids is 1. The van der Waals surface area contributed by atoms with Crippen LogP contribution in [-0.2, 0) is 10.0 Å². The van der Waals surface area contributed by atoms with Gasteiger partial charge in [-0.3, -0.25) is 4.90 Å². The summed E-state index contributed by atoms with van der Waals surface area (Å²) in [5, 5.41) is 8.55. The highest BCUT2D eigenvalue weighted by atomic mass is 32.2. The van der Waals surface area contributed by atoms with Gasteiger partial charge in [-0.2, -0.15) is 4.31 Å². The van der Waals surface area contributed by atoms with Crippen LogP contribution in [0.2, 0.25) is 0 Å². The van der Waals surface area contributed by atoms with Crippen molar-refractivity contribution in [2.75, 3.05) is 19.6 Å².